The summed E-state index contributed by atoms with van der Waals surface area (Å²) < 4.78 is 11.3. The summed E-state index contributed by atoms with van der Waals surface area (Å²) in [5.74, 6) is -0.178. The zero-order valence-corrected chi connectivity index (χ0v) is 19.6. The summed E-state index contributed by atoms with van der Waals surface area (Å²) in [4.78, 5) is 24.8. The van der Waals surface area contributed by atoms with Gasteiger partial charge in [0.2, 0.25) is 0 Å². The van der Waals surface area contributed by atoms with Crippen LogP contribution >= 0.6 is 0 Å². The molecule has 0 amide bonds. The van der Waals surface area contributed by atoms with Crippen LogP contribution in [0.25, 0.3) is 0 Å². The molecule has 0 aromatic carbocycles. The van der Waals surface area contributed by atoms with E-state index < -0.39 is 0 Å². The van der Waals surface area contributed by atoms with Crippen molar-refractivity contribution in [1.82, 2.24) is 10.6 Å². The maximum absolute atomic E-state index is 12.5. The van der Waals surface area contributed by atoms with E-state index in [0.717, 1.165) is 38.5 Å². The predicted molar refractivity (Wildman–Crippen MR) is 117 cm³/mol. The summed E-state index contributed by atoms with van der Waals surface area (Å²) >= 11 is 0. The van der Waals surface area contributed by atoms with Crippen molar-refractivity contribution >= 4 is 11.9 Å². The van der Waals surface area contributed by atoms with Crippen molar-refractivity contribution in [3.05, 3.63) is 0 Å². The van der Waals surface area contributed by atoms with Gasteiger partial charge in [-0.1, -0.05) is 34.1 Å². The van der Waals surface area contributed by atoms with Gasteiger partial charge in [0.15, 0.2) is 0 Å². The number of hydrogen-bond acceptors (Lipinski definition) is 6. The monoisotopic (exact) mass is 412 g/mol. The predicted octanol–water partition coefficient (Wildman–Crippen LogP) is 3.96. The molecule has 4 atom stereocenters. The number of carbonyl (C=O) groups excluding carboxylic acids is 2. The van der Waals surface area contributed by atoms with Crippen molar-refractivity contribution < 1.29 is 19.1 Å². The van der Waals surface area contributed by atoms with Crippen LogP contribution in [0.2, 0.25) is 0 Å². The van der Waals surface area contributed by atoms with Gasteiger partial charge in [-0.2, -0.15) is 0 Å². The average molecular weight is 413 g/mol. The summed E-state index contributed by atoms with van der Waals surface area (Å²) in [6.07, 6.45) is 7.01. The number of nitrogens with one attached hydrogen (secondary N) is 2. The Balaban J connectivity index is 2.33. The fourth-order valence-electron chi connectivity index (χ4n) is 3.73. The van der Waals surface area contributed by atoms with E-state index in [1.165, 1.54) is 6.42 Å². The second-order valence-corrected chi connectivity index (χ2v) is 9.35. The fourth-order valence-corrected chi connectivity index (χ4v) is 3.73. The second-order valence-electron chi connectivity index (χ2n) is 9.35. The molecular weight excluding hydrogens is 368 g/mol. The maximum atomic E-state index is 12.5. The Kier molecular flexibility index (Phi) is 11.8. The molecule has 1 aliphatic rings. The molecule has 0 aliphatic heterocycles. The van der Waals surface area contributed by atoms with Crippen molar-refractivity contribution in [2.75, 3.05) is 0 Å². The summed E-state index contributed by atoms with van der Waals surface area (Å²) in [5.41, 5.74) is 0. The van der Waals surface area contributed by atoms with Crippen LogP contribution in [0.15, 0.2) is 0 Å². The van der Waals surface area contributed by atoms with E-state index >= 15 is 0 Å². The Hall–Kier alpha value is -1.14. The molecule has 1 aliphatic carbocycles. The van der Waals surface area contributed by atoms with Crippen molar-refractivity contribution in [2.24, 2.45) is 5.92 Å². The Labute approximate surface area is 177 Å². The molecule has 0 bridgehead atoms. The lowest BCUT2D eigenvalue weighted by atomic mass is 9.98. The lowest BCUT2D eigenvalue weighted by Gasteiger charge is -2.26. The lowest BCUT2D eigenvalue weighted by molar-refractivity contribution is -0.153. The fraction of sp³-hybridized carbons (Fsp3) is 0.913. The average Bonchev–Trinajstić information content (AvgIpc) is 2.64. The van der Waals surface area contributed by atoms with Crippen molar-refractivity contribution in [3.63, 3.8) is 0 Å². The van der Waals surface area contributed by atoms with E-state index in [-0.39, 0.29) is 54.2 Å². The molecule has 4 unspecified atom stereocenters. The normalized spacial score (nSPS) is 19.6. The minimum Gasteiger partial charge on any atom is -0.462 e. The van der Waals surface area contributed by atoms with Gasteiger partial charge in [-0.05, 0) is 65.2 Å². The molecule has 6 nitrogen and oxygen atoms in total. The number of rotatable bonds is 12. The first-order chi connectivity index (χ1) is 13.6. The largest absolute Gasteiger partial charge is 0.462 e. The molecule has 0 aromatic heterocycles. The molecule has 29 heavy (non-hydrogen) atoms. The molecule has 0 saturated heterocycles. The van der Waals surface area contributed by atoms with Gasteiger partial charge in [-0.3, -0.25) is 9.59 Å². The number of ether oxygens (including phenoxy) is 2. The molecular formula is C23H44N2O4. The molecule has 2 N–H and O–H groups in total. The SMILES string of the molecule is CC(C)NC(C(=O)OC(C)CCC(C)NC(C)C(=O)OC1CCCCC1)C(C)C. The molecule has 1 fully saturated rings. The summed E-state index contributed by atoms with van der Waals surface area (Å²) in [5, 5.41) is 6.60. The third-order valence-corrected chi connectivity index (χ3v) is 5.48. The lowest BCUT2D eigenvalue weighted by Crippen LogP contribution is -2.46. The van der Waals surface area contributed by atoms with Gasteiger partial charge in [0.05, 0.1) is 6.10 Å². The van der Waals surface area contributed by atoms with Gasteiger partial charge in [0.1, 0.15) is 18.2 Å². The standard InChI is InChI=1S/C23H44N2O4/c1-15(2)21(24-16(3)4)23(27)28-18(6)14-13-17(5)25-19(7)22(26)29-20-11-9-8-10-12-20/h15-21,24-25H,8-14H2,1-7H3. The highest BCUT2D eigenvalue weighted by Crippen LogP contribution is 2.20. The molecule has 170 valence electrons. The van der Waals surface area contributed by atoms with Crippen LogP contribution in [0.5, 0.6) is 0 Å². The number of carbonyl (C=O) groups is 2. The molecule has 1 rings (SSSR count). The van der Waals surface area contributed by atoms with Gasteiger partial charge >= 0.3 is 11.9 Å². The third-order valence-electron chi connectivity index (χ3n) is 5.48. The second kappa shape index (κ2) is 13.2. The first-order valence-corrected chi connectivity index (χ1v) is 11.5. The summed E-state index contributed by atoms with van der Waals surface area (Å²) in [6.45, 7) is 13.9. The van der Waals surface area contributed by atoms with E-state index in [4.69, 9.17) is 9.47 Å². The smallest absolute Gasteiger partial charge is 0.323 e. The van der Waals surface area contributed by atoms with Gasteiger partial charge in [0, 0.05) is 12.1 Å². The van der Waals surface area contributed by atoms with E-state index in [0.29, 0.717) is 0 Å². The van der Waals surface area contributed by atoms with E-state index in [9.17, 15) is 9.59 Å². The molecule has 0 spiro atoms. The molecule has 1 saturated carbocycles. The van der Waals surface area contributed by atoms with E-state index in [1.807, 2.05) is 41.5 Å². The zero-order chi connectivity index (χ0) is 22.0. The van der Waals surface area contributed by atoms with Gasteiger partial charge in [-0.15, -0.1) is 0 Å². The van der Waals surface area contributed by atoms with Crippen LogP contribution in [0.3, 0.4) is 0 Å². The highest BCUT2D eigenvalue weighted by atomic mass is 16.5. The Morgan fingerprint density at radius 2 is 1.48 bits per heavy atom. The highest BCUT2D eigenvalue weighted by Gasteiger charge is 2.26. The van der Waals surface area contributed by atoms with Crippen LogP contribution in [-0.4, -0.2) is 48.3 Å². The molecule has 0 heterocycles. The first kappa shape index (κ1) is 25.9. The molecule has 0 aromatic rings. The third kappa shape index (κ3) is 10.4. The van der Waals surface area contributed by atoms with Gasteiger partial charge in [0.25, 0.3) is 0 Å². The van der Waals surface area contributed by atoms with Crippen LogP contribution in [0.1, 0.15) is 93.4 Å². The van der Waals surface area contributed by atoms with Crippen LogP contribution in [-0.2, 0) is 19.1 Å². The number of esters is 2. The highest BCUT2D eigenvalue weighted by molar-refractivity contribution is 5.76. The Morgan fingerprint density at radius 1 is 0.862 bits per heavy atom. The zero-order valence-electron chi connectivity index (χ0n) is 19.6. The minimum atomic E-state index is -0.328. The van der Waals surface area contributed by atoms with Crippen LogP contribution in [0.4, 0.5) is 0 Å². The molecule has 6 heteroatoms. The summed E-state index contributed by atoms with van der Waals surface area (Å²) in [6, 6.07) is -0.253. The topological polar surface area (TPSA) is 76.7 Å². The van der Waals surface area contributed by atoms with E-state index in [1.54, 1.807) is 0 Å². The first-order valence-electron chi connectivity index (χ1n) is 11.5. The van der Waals surface area contributed by atoms with E-state index in [2.05, 4.69) is 17.6 Å². The Bertz CT molecular complexity index is 489. The van der Waals surface area contributed by atoms with Crippen molar-refractivity contribution in [1.29, 1.82) is 0 Å². The van der Waals surface area contributed by atoms with Gasteiger partial charge < -0.3 is 20.1 Å². The maximum Gasteiger partial charge on any atom is 0.323 e. The Morgan fingerprint density at radius 3 is 2.03 bits per heavy atom. The molecule has 0 radical (unpaired) electrons. The summed E-state index contributed by atoms with van der Waals surface area (Å²) in [7, 11) is 0. The van der Waals surface area contributed by atoms with Crippen LogP contribution < -0.4 is 10.6 Å². The quantitative estimate of drug-likeness (QED) is 0.473. The van der Waals surface area contributed by atoms with Crippen LogP contribution in [0, 0.1) is 5.92 Å². The van der Waals surface area contributed by atoms with Crippen molar-refractivity contribution in [2.45, 2.75) is 130 Å². The number of hydrogen-bond donors (Lipinski definition) is 2. The van der Waals surface area contributed by atoms with Gasteiger partial charge in [-0.25, -0.2) is 0 Å². The van der Waals surface area contributed by atoms with Crippen molar-refractivity contribution in [3.8, 4) is 0 Å². The minimum absolute atomic E-state index is 0.0867.